The molecule has 0 amide bonds. The van der Waals surface area contributed by atoms with E-state index in [0.717, 1.165) is 26.5 Å². The smallest absolute Gasteiger partial charge is 0.348 e. The van der Waals surface area contributed by atoms with Crippen molar-refractivity contribution in [1.29, 1.82) is 0 Å². The number of aryl methyl sites for hydroxylation is 2. The first-order valence-corrected chi connectivity index (χ1v) is 12.0. The van der Waals surface area contributed by atoms with E-state index in [1.807, 2.05) is 32.1 Å². The van der Waals surface area contributed by atoms with Crippen LogP contribution in [0.5, 0.6) is 0 Å². The molecule has 2 aromatic heterocycles. The molecule has 0 aliphatic rings. The van der Waals surface area contributed by atoms with Crippen molar-refractivity contribution in [2.75, 3.05) is 26.4 Å². The number of ether oxygens (including phenoxy) is 2. The molecule has 2 N–H and O–H groups in total. The normalized spacial score (nSPS) is 10.6. The van der Waals surface area contributed by atoms with E-state index in [-0.39, 0.29) is 25.2 Å². The van der Waals surface area contributed by atoms with Gasteiger partial charge in [0, 0.05) is 23.0 Å². The molecule has 2 rings (SSSR count). The van der Waals surface area contributed by atoms with Crippen molar-refractivity contribution in [2.24, 2.45) is 0 Å². The van der Waals surface area contributed by atoms with Gasteiger partial charge in [-0.15, -0.1) is 22.7 Å². The predicted molar refractivity (Wildman–Crippen MR) is 131 cm³/mol. The van der Waals surface area contributed by atoms with Crippen LogP contribution in [0.1, 0.15) is 66.9 Å². The molecule has 8 heteroatoms. The summed E-state index contributed by atoms with van der Waals surface area (Å²) < 4.78 is 9.86. The first-order chi connectivity index (χ1) is 15.3. The third-order valence-corrected chi connectivity index (χ3v) is 6.63. The second kappa shape index (κ2) is 14.7. The van der Waals surface area contributed by atoms with Gasteiger partial charge in [0.1, 0.15) is 9.75 Å². The van der Waals surface area contributed by atoms with E-state index in [9.17, 15) is 9.59 Å². The minimum atomic E-state index is -0.293. The van der Waals surface area contributed by atoms with Crippen molar-refractivity contribution in [1.82, 2.24) is 0 Å². The molecule has 0 saturated carbocycles. The van der Waals surface area contributed by atoms with Crippen LogP contribution in [-0.2, 0) is 9.47 Å². The van der Waals surface area contributed by atoms with Gasteiger partial charge in [0.25, 0.3) is 0 Å². The highest BCUT2D eigenvalue weighted by atomic mass is 32.1. The molecule has 6 nitrogen and oxygen atoms in total. The molecule has 2 aromatic rings. The van der Waals surface area contributed by atoms with Crippen molar-refractivity contribution >= 4 is 46.3 Å². The SMILES string of the molecule is C=C(CCO)c1sc(C(=O)OCC)cc1C.CCOC(=O)c1cc(C)c(/C=C/CCO)s1. The van der Waals surface area contributed by atoms with Crippen molar-refractivity contribution in [3.8, 4) is 0 Å². The Morgan fingerprint density at radius 1 is 0.969 bits per heavy atom. The first kappa shape index (κ1) is 27.8. The van der Waals surface area contributed by atoms with E-state index >= 15 is 0 Å². The highest BCUT2D eigenvalue weighted by molar-refractivity contribution is 7.15. The number of thiophene rings is 2. The van der Waals surface area contributed by atoms with E-state index in [2.05, 4.69) is 6.58 Å². The Bertz CT molecular complexity index is 923. The Labute approximate surface area is 197 Å². The van der Waals surface area contributed by atoms with Gasteiger partial charge < -0.3 is 19.7 Å². The Morgan fingerprint density at radius 2 is 1.53 bits per heavy atom. The summed E-state index contributed by atoms with van der Waals surface area (Å²) in [5, 5.41) is 17.5. The van der Waals surface area contributed by atoms with Gasteiger partial charge in [0.15, 0.2) is 0 Å². The number of hydrogen-bond donors (Lipinski definition) is 2. The molecule has 2 heterocycles. The molecule has 0 atom stereocenters. The molecule has 176 valence electrons. The van der Waals surface area contributed by atoms with Crippen LogP contribution < -0.4 is 0 Å². The molecular weight excluding hydrogens is 448 g/mol. The quantitative estimate of drug-likeness (QED) is 0.451. The molecule has 0 aliphatic carbocycles. The van der Waals surface area contributed by atoms with Gasteiger partial charge >= 0.3 is 11.9 Å². The number of carbonyl (C=O) groups excluding carboxylic acids is 2. The topological polar surface area (TPSA) is 93.1 Å². The third-order valence-electron chi connectivity index (χ3n) is 4.13. The van der Waals surface area contributed by atoms with Crippen molar-refractivity contribution < 1.29 is 29.3 Å². The average molecular weight is 481 g/mol. The van der Waals surface area contributed by atoms with E-state index < -0.39 is 0 Å². The highest BCUT2D eigenvalue weighted by Gasteiger charge is 2.14. The van der Waals surface area contributed by atoms with Gasteiger partial charge in [-0.3, -0.25) is 0 Å². The van der Waals surface area contributed by atoms with Crippen molar-refractivity contribution in [2.45, 2.75) is 40.5 Å². The van der Waals surface area contributed by atoms with Gasteiger partial charge in [-0.05, 0) is 75.4 Å². The lowest BCUT2D eigenvalue weighted by Gasteiger charge is -2.01. The minimum absolute atomic E-state index is 0.0743. The van der Waals surface area contributed by atoms with E-state index in [4.69, 9.17) is 19.7 Å². The number of hydrogen-bond acceptors (Lipinski definition) is 8. The summed E-state index contributed by atoms with van der Waals surface area (Å²) in [6.07, 6.45) is 4.99. The standard InChI is InChI=1S/2C12H16O3S/c1-4-15-12(14)10-7-9(3)11(16-10)8(2)5-6-13;1-3-15-12(14)11-8-9(2)10(16-11)6-4-5-7-13/h7,13H,2,4-6H2,1,3H3;4,6,8,13H,3,5,7H2,1-2H3/b;6-4+. The number of aliphatic hydroxyl groups is 2. The van der Waals surface area contributed by atoms with Crippen molar-refractivity contribution in [3.63, 3.8) is 0 Å². The monoisotopic (exact) mass is 480 g/mol. The number of aliphatic hydroxyl groups excluding tert-OH is 2. The fourth-order valence-corrected chi connectivity index (χ4v) is 4.68. The van der Waals surface area contributed by atoms with Crippen LogP contribution in [0.4, 0.5) is 0 Å². The summed E-state index contributed by atoms with van der Waals surface area (Å²) in [7, 11) is 0. The fourth-order valence-electron chi connectivity index (χ4n) is 2.61. The third kappa shape index (κ3) is 8.70. The fraction of sp³-hybridized carbons (Fsp3) is 0.417. The number of esters is 2. The van der Waals surface area contributed by atoms with Crippen LogP contribution in [0.25, 0.3) is 11.6 Å². The maximum absolute atomic E-state index is 11.5. The van der Waals surface area contributed by atoms with Crippen LogP contribution in [0.15, 0.2) is 24.8 Å². The van der Waals surface area contributed by atoms with Crippen LogP contribution >= 0.6 is 22.7 Å². The summed E-state index contributed by atoms with van der Waals surface area (Å²) in [6.45, 7) is 12.3. The average Bonchev–Trinajstić information content (AvgIpc) is 3.32. The van der Waals surface area contributed by atoms with Gasteiger partial charge in [-0.2, -0.15) is 0 Å². The summed E-state index contributed by atoms with van der Waals surface area (Å²) in [6, 6.07) is 3.64. The molecule has 0 saturated heterocycles. The summed E-state index contributed by atoms with van der Waals surface area (Å²) in [4.78, 5) is 26.2. The molecule has 0 radical (unpaired) electrons. The van der Waals surface area contributed by atoms with Gasteiger partial charge in [-0.1, -0.05) is 12.7 Å². The number of carbonyl (C=O) groups is 2. The van der Waals surface area contributed by atoms with E-state index in [1.54, 1.807) is 19.9 Å². The zero-order valence-electron chi connectivity index (χ0n) is 19.1. The lowest BCUT2D eigenvalue weighted by atomic mass is 10.1. The number of rotatable bonds is 10. The predicted octanol–water partition coefficient (Wildman–Crippen LogP) is 5.26. The van der Waals surface area contributed by atoms with Crippen molar-refractivity contribution in [3.05, 3.63) is 55.4 Å². The van der Waals surface area contributed by atoms with Gasteiger partial charge in [-0.25, -0.2) is 9.59 Å². The lowest BCUT2D eigenvalue weighted by molar-refractivity contribution is 0.0522. The lowest BCUT2D eigenvalue weighted by Crippen LogP contribution is -2.01. The first-order valence-electron chi connectivity index (χ1n) is 10.4. The molecule has 0 spiro atoms. The second-order valence-electron chi connectivity index (χ2n) is 6.71. The summed E-state index contributed by atoms with van der Waals surface area (Å²) >= 11 is 2.79. The van der Waals surface area contributed by atoms with E-state index in [1.165, 1.54) is 22.7 Å². The Hall–Kier alpha value is -2.26. The molecule has 0 unspecified atom stereocenters. The van der Waals surface area contributed by atoms with Gasteiger partial charge in [0.2, 0.25) is 0 Å². The maximum atomic E-state index is 11.5. The second-order valence-corrected chi connectivity index (χ2v) is 8.85. The van der Waals surface area contributed by atoms with Crippen LogP contribution in [-0.4, -0.2) is 48.6 Å². The zero-order valence-corrected chi connectivity index (χ0v) is 20.7. The van der Waals surface area contributed by atoms with Crippen LogP contribution in [0.3, 0.4) is 0 Å². The summed E-state index contributed by atoms with van der Waals surface area (Å²) in [5.74, 6) is -0.559. The molecule has 32 heavy (non-hydrogen) atoms. The highest BCUT2D eigenvalue weighted by Crippen LogP contribution is 2.30. The largest absolute Gasteiger partial charge is 0.462 e. The van der Waals surface area contributed by atoms with Crippen LogP contribution in [0, 0.1) is 13.8 Å². The molecule has 0 aromatic carbocycles. The van der Waals surface area contributed by atoms with E-state index in [0.29, 0.717) is 35.8 Å². The van der Waals surface area contributed by atoms with Crippen LogP contribution in [0.2, 0.25) is 0 Å². The Balaban J connectivity index is 0.000000320. The molecule has 0 bridgehead atoms. The Morgan fingerprint density at radius 3 is 2.06 bits per heavy atom. The Kier molecular flexibility index (Phi) is 12.8. The minimum Gasteiger partial charge on any atom is -0.462 e. The zero-order chi connectivity index (χ0) is 24.1. The molecular formula is C24H32O6S2. The maximum Gasteiger partial charge on any atom is 0.348 e. The molecule has 0 fully saturated rings. The molecule has 0 aliphatic heterocycles. The summed E-state index contributed by atoms with van der Waals surface area (Å²) in [5.41, 5.74) is 2.93. The van der Waals surface area contributed by atoms with Gasteiger partial charge in [0.05, 0.1) is 13.2 Å².